The highest BCUT2D eigenvalue weighted by molar-refractivity contribution is 9.10. The van der Waals surface area contributed by atoms with Gasteiger partial charge < -0.3 is 14.8 Å². The van der Waals surface area contributed by atoms with Gasteiger partial charge >= 0.3 is 0 Å². The van der Waals surface area contributed by atoms with E-state index in [1.807, 2.05) is 12.1 Å². The van der Waals surface area contributed by atoms with E-state index in [0.29, 0.717) is 17.1 Å². The zero-order valence-corrected chi connectivity index (χ0v) is 16.9. The molecule has 0 bridgehead atoms. The van der Waals surface area contributed by atoms with Gasteiger partial charge in [-0.2, -0.15) is 0 Å². The Morgan fingerprint density at radius 2 is 1.96 bits per heavy atom. The molecule has 0 fully saturated rings. The van der Waals surface area contributed by atoms with Crippen molar-refractivity contribution in [3.05, 3.63) is 57.8 Å². The number of nitrogens with one attached hydrogen (secondary N) is 1. The van der Waals surface area contributed by atoms with Crippen LogP contribution in [0.25, 0.3) is 0 Å². The third kappa shape index (κ3) is 6.49. The molecule has 0 radical (unpaired) electrons. The van der Waals surface area contributed by atoms with Gasteiger partial charge in [-0.3, -0.25) is 0 Å². The van der Waals surface area contributed by atoms with Crippen LogP contribution >= 0.6 is 28.3 Å². The van der Waals surface area contributed by atoms with Crippen LogP contribution in [0.15, 0.2) is 40.9 Å². The fourth-order valence-electron chi connectivity index (χ4n) is 2.32. The monoisotopic (exact) mass is 431 g/mol. The van der Waals surface area contributed by atoms with Crippen molar-refractivity contribution in [3.63, 3.8) is 0 Å². The van der Waals surface area contributed by atoms with E-state index in [1.54, 1.807) is 25.3 Å². The second kappa shape index (κ2) is 11.3. The van der Waals surface area contributed by atoms with E-state index in [1.165, 1.54) is 12.5 Å². The average molecular weight is 433 g/mol. The lowest BCUT2D eigenvalue weighted by molar-refractivity contribution is 0.277. The molecular formula is C19H24BrClFNO2. The summed E-state index contributed by atoms with van der Waals surface area (Å²) in [6, 6.07) is 10.5. The highest BCUT2D eigenvalue weighted by Crippen LogP contribution is 2.37. The molecule has 0 heterocycles. The number of benzene rings is 2. The Labute approximate surface area is 163 Å². The third-order valence-corrected chi connectivity index (χ3v) is 4.24. The van der Waals surface area contributed by atoms with E-state index >= 15 is 0 Å². The van der Waals surface area contributed by atoms with Gasteiger partial charge in [0.1, 0.15) is 12.4 Å². The highest BCUT2D eigenvalue weighted by atomic mass is 79.9. The van der Waals surface area contributed by atoms with Gasteiger partial charge in [0.15, 0.2) is 11.5 Å². The molecule has 0 amide bonds. The summed E-state index contributed by atoms with van der Waals surface area (Å²) < 4.78 is 25.7. The van der Waals surface area contributed by atoms with Crippen LogP contribution in [0.4, 0.5) is 4.39 Å². The molecule has 0 aromatic heterocycles. The zero-order valence-electron chi connectivity index (χ0n) is 14.5. The van der Waals surface area contributed by atoms with Crippen molar-refractivity contribution < 1.29 is 13.9 Å². The molecule has 3 nitrogen and oxygen atoms in total. The van der Waals surface area contributed by atoms with Gasteiger partial charge in [-0.1, -0.05) is 31.5 Å². The van der Waals surface area contributed by atoms with Crippen LogP contribution in [-0.2, 0) is 13.2 Å². The summed E-state index contributed by atoms with van der Waals surface area (Å²) in [4.78, 5) is 0. The SMILES string of the molecule is CCCCNCc1cc(Br)c(OCc2ccccc2F)c(OC)c1.Cl. The predicted octanol–water partition coefficient (Wildman–Crippen LogP) is 5.49. The summed E-state index contributed by atoms with van der Waals surface area (Å²) in [6.45, 7) is 4.07. The van der Waals surface area contributed by atoms with E-state index in [0.717, 1.165) is 29.5 Å². The van der Waals surface area contributed by atoms with Crippen molar-refractivity contribution >= 4 is 28.3 Å². The second-order valence-corrected chi connectivity index (χ2v) is 6.37. The van der Waals surface area contributed by atoms with E-state index in [4.69, 9.17) is 9.47 Å². The minimum Gasteiger partial charge on any atom is -0.493 e. The predicted molar refractivity (Wildman–Crippen MR) is 105 cm³/mol. The molecule has 138 valence electrons. The minimum atomic E-state index is -0.274. The molecule has 6 heteroatoms. The number of hydrogen-bond donors (Lipinski definition) is 1. The number of hydrogen-bond acceptors (Lipinski definition) is 3. The molecule has 0 spiro atoms. The van der Waals surface area contributed by atoms with Gasteiger partial charge in [0.2, 0.25) is 0 Å². The first-order valence-corrected chi connectivity index (χ1v) is 8.88. The second-order valence-electron chi connectivity index (χ2n) is 5.52. The van der Waals surface area contributed by atoms with E-state index in [-0.39, 0.29) is 24.8 Å². The van der Waals surface area contributed by atoms with Gasteiger partial charge in [-0.15, -0.1) is 12.4 Å². The molecule has 0 saturated carbocycles. The van der Waals surface area contributed by atoms with Crippen LogP contribution in [0.2, 0.25) is 0 Å². The fourth-order valence-corrected chi connectivity index (χ4v) is 2.92. The largest absolute Gasteiger partial charge is 0.493 e. The molecule has 0 aliphatic heterocycles. The number of unbranched alkanes of at least 4 members (excludes halogenated alkanes) is 1. The Hall–Kier alpha value is -1.30. The van der Waals surface area contributed by atoms with Crippen molar-refractivity contribution in [2.24, 2.45) is 0 Å². The molecular weight excluding hydrogens is 409 g/mol. The lowest BCUT2D eigenvalue weighted by Gasteiger charge is -2.15. The molecule has 2 rings (SSSR count). The Morgan fingerprint density at radius 3 is 2.64 bits per heavy atom. The van der Waals surface area contributed by atoms with E-state index < -0.39 is 0 Å². The summed E-state index contributed by atoms with van der Waals surface area (Å²) in [7, 11) is 1.60. The van der Waals surface area contributed by atoms with Crippen LogP contribution in [0.5, 0.6) is 11.5 Å². The van der Waals surface area contributed by atoms with Crippen LogP contribution in [0.3, 0.4) is 0 Å². The van der Waals surface area contributed by atoms with Crippen LogP contribution in [0, 0.1) is 5.82 Å². The lowest BCUT2D eigenvalue weighted by atomic mass is 10.2. The first-order valence-electron chi connectivity index (χ1n) is 8.09. The van der Waals surface area contributed by atoms with Gasteiger partial charge in [-0.25, -0.2) is 4.39 Å². The maximum absolute atomic E-state index is 13.7. The number of ether oxygens (including phenoxy) is 2. The topological polar surface area (TPSA) is 30.5 Å². The molecule has 0 aliphatic rings. The summed E-state index contributed by atoms with van der Waals surface area (Å²) >= 11 is 3.53. The van der Waals surface area contributed by atoms with Gasteiger partial charge in [0.25, 0.3) is 0 Å². The standard InChI is InChI=1S/C19H23BrFNO2.ClH/c1-3-4-9-22-12-14-10-16(20)19(18(11-14)23-2)24-13-15-7-5-6-8-17(15)21;/h5-8,10-11,22H,3-4,9,12-13H2,1-2H3;1H. The maximum Gasteiger partial charge on any atom is 0.175 e. The van der Waals surface area contributed by atoms with E-state index in [9.17, 15) is 4.39 Å². The molecule has 0 saturated heterocycles. The Balaban J connectivity index is 0.00000312. The van der Waals surface area contributed by atoms with Crippen molar-refractivity contribution in [3.8, 4) is 11.5 Å². The van der Waals surface area contributed by atoms with Crippen molar-refractivity contribution in [1.82, 2.24) is 5.32 Å². The molecule has 1 N–H and O–H groups in total. The van der Waals surface area contributed by atoms with Gasteiger partial charge in [0.05, 0.1) is 11.6 Å². The van der Waals surface area contributed by atoms with Gasteiger partial charge in [0, 0.05) is 12.1 Å². The summed E-state index contributed by atoms with van der Waals surface area (Å²) in [6.07, 6.45) is 2.32. The molecule has 0 unspecified atom stereocenters. The fraction of sp³-hybridized carbons (Fsp3) is 0.368. The molecule has 0 aliphatic carbocycles. The Kier molecular flexibility index (Phi) is 9.86. The molecule has 0 atom stereocenters. The first kappa shape index (κ1) is 21.7. The normalized spacial score (nSPS) is 10.2. The third-order valence-electron chi connectivity index (χ3n) is 3.66. The maximum atomic E-state index is 13.7. The quantitative estimate of drug-likeness (QED) is 0.532. The van der Waals surface area contributed by atoms with Crippen molar-refractivity contribution in [1.29, 1.82) is 0 Å². The summed E-state index contributed by atoms with van der Waals surface area (Å²) in [5.41, 5.74) is 1.62. The van der Waals surface area contributed by atoms with E-state index in [2.05, 4.69) is 28.2 Å². The molecule has 25 heavy (non-hydrogen) atoms. The van der Waals surface area contributed by atoms with Crippen molar-refractivity contribution in [2.75, 3.05) is 13.7 Å². The lowest BCUT2D eigenvalue weighted by Crippen LogP contribution is -2.14. The minimum absolute atomic E-state index is 0. The Bertz CT molecular complexity index is 670. The first-order chi connectivity index (χ1) is 11.7. The number of rotatable bonds is 9. The smallest absolute Gasteiger partial charge is 0.175 e. The van der Waals surface area contributed by atoms with Crippen LogP contribution in [0.1, 0.15) is 30.9 Å². The van der Waals surface area contributed by atoms with Crippen LogP contribution in [-0.4, -0.2) is 13.7 Å². The average Bonchev–Trinajstić information content (AvgIpc) is 2.58. The van der Waals surface area contributed by atoms with Crippen molar-refractivity contribution in [2.45, 2.75) is 32.9 Å². The molecule has 2 aromatic rings. The van der Waals surface area contributed by atoms with Gasteiger partial charge in [-0.05, 0) is 52.7 Å². The van der Waals surface area contributed by atoms with Crippen LogP contribution < -0.4 is 14.8 Å². The summed E-state index contributed by atoms with van der Waals surface area (Å²) in [5, 5.41) is 3.40. The highest BCUT2D eigenvalue weighted by Gasteiger charge is 2.13. The zero-order chi connectivity index (χ0) is 17.4. The summed E-state index contributed by atoms with van der Waals surface area (Å²) in [5.74, 6) is 0.940. The molecule has 2 aromatic carbocycles. The number of halogens is 3. The Morgan fingerprint density at radius 1 is 1.20 bits per heavy atom. The number of methoxy groups -OCH3 is 1.